The van der Waals surface area contributed by atoms with Gasteiger partial charge < -0.3 is 0 Å². The zero-order valence-electron chi connectivity index (χ0n) is 11.4. The molecule has 2 aromatic rings. The fraction of sp³-hybridized carbons (Fsp3) is 0.294. The standard InChI is InChI=1S/C17H23P/c1-3-4-15-18(2,16-11-7-5-8-12-16)17-13-9-6-10-14-17/h5-14,18H,3-4,15H2,1-2H3. The van der Waals surface area contributed by atoms with Gasteiger partial charge in [0.2, 0.25) is 0 Å². The van der Waals surface area contributed by atoms with E-state index in [1.165, 1.54) is 19.0 Å². The van der Waals surface area contributed by atoms with Crippen molar-refractivity contribution in [2.45, 2.75) is 19.8 Å². The molecule has 0 aromatic heterocycles. The first-order chi connectivity index (χ1) is 8.77. The van der Waals surface area contributed by atoms with Crippen molar-refractivity contribution in [2.75, 3.05) is 12.8 Å². The first-order valence-electron chi connectivity index (χ1n) is 6.88. The quantitative estimate of drug-likeness (QED) is 0.715. The van der Waals surface area contributed by atoms with Crippen molar-refractivity contribution in [3.05, 3.63) is 60.7 Å². The Hall–Kier alpha value is -1.13. The van der Waals surface area contributed by atoms with Crippen LogP contribution in [0.25, 0.3) is 0 Å². The zero-order valence-corrected chi connectivity index (χ0v) is 12.4. The summed E-state index contributed by atoms with van der Waals surface area (Å²) in [6.07, 6.45) is 3.95. The Bertz CT molecular complexity index is 422. The van der Waals surface area contributed by atoms with E-state index in [1.807, 2.05) is 0 Å². The number of hydrogen-bond acceptors (Lipinski definition) is 0. The van der Waals surface area contributed by atoms with Crippen molar-refractivity contribution < 1.29 is 0 Å². The third-order valence-corrected chi connectivity index (χ3v) is 8.42. The van der Waals surface area contributed by atoms with Gasteiger partial charge in [-0.2, -0.15) is 0 Å². The molecule has 0 unspecified atom stereocenters. The fourth-order valence-electron chi connectivity index (χ4n) is 2.60. The summed E-state index contributed by atoms with van der Waals surface area (Å²) in [5.41, 5.74) is 0. The molecule has 96 valence electrons. The van der Waals surface area contributed by atoms with Crippen LogP contribution in [-0.2, 0) is 0 Å². The molecule has 1 heteroatoms. The number of benzene rings is 2. The summed E-state index contributed by atoms with van der Waals surface area (Å²) in [4.78, 5) is 0. The van der Waals surface area contributed by atoms with E-state index in [4.69, 9.17) is 0 Å². The van der Waals surface area contributed by atoms with E-state index in [2.05, 4.69) is 74.3 Å². The molecule has 0 spiro atoms. The second-order valence-corrected chi connectivity index (χ2v) is 9.49. The van der Waals surface area contributed by atoms with E-state index in [9.17, 15) is 0 Å². The summed E-state index contributed by atoms with van der Waals surface area (Å²) in [5, 5.41) is 3.12. The monoisotopic (exact) mass is 258 g/mol. The minimum atomic E-state index is -1.52. The van der Waals surface area contributed by atoms with E-state index < -0.39 is 7.26 Å². The average Bonchev–Trinajstić information content (AvgIpc) is 2.46. The Morgan fingerprint density at radius 3 is 1.61 bits per heavy atom. The predicted octanol–water partition coefficient (Wildman–Crippen LogP) is 3.82. The molecule has 0 bridgehead atoms. The third kappa shape index (κ3) is 2.82. The molecule has 0 fully saturated rings. The summed E-state index contributed by atoms with van der Waals surface area (Å²) in [6, 6.07) is 22.2. The van der Waals surface area contributed by atoms with Crippen LogP contribution >= 0.6 is 7.26 Å². The fourth-order valence-corrected chi connectivity index (χ4v) is 6.43. The van der Waals surface area contributed by atoms with Gasteiger partial charge >= 0.3 is 111 Å². The Kier molecular flexibility index (Phi) is 4.55. The summed E-state index contributed by atoms with van der Waals surface area (Å²) < 4.78 is 0. The summed E-state index contributed by atoms with van der Waals surface area (Å²) in [6.45, 7) is 4.79. The summed E-state index contributed by atoms with van der Waals surface area (Å²) >= 11 is 0. The molecule has 0 aliphatic rings. The Morgan fingerprint density at radius 1 is 0.778 bits per heavy atom. The number of hydrogen-bond donors (Lipinski definition) is 0. The van der Waals surface area contributed by atoms with Crippen LogP contribution in [0.4, 0.5) is 0 Å². The van der Waals surface area contributed by atoms with Crippen LogP contribution in [0.1, 0.15) is 19.8 Å². The molecule has 18 heavy (non-hydrogen) atoms. The van der Waals surface area contributed by atoms with Gasteiger partial charge in [-0.05, 0) is 0 Å². The Morgan fingerprint density at radius 2 is 1.22 bits per heavy atom. The molecule has 0 saturated carbocycles. The number of unbranched alkanes of at least 4 members (excludes halogenated alkanes) is 1. The first kappa shape index (κ1) is 13.3. The van der Waals surface area contributed by atoms with Crippen molar-refractivity contribution in [1.29, 1.82) is 0 Å². The first-order valence-corrected chi connectivity index (χ1v) is 9.59. The van der Waals surface area contributed by atoms with Crippen LogP contribution in [0.2, 0.25) is 0 Å². The van der Waals surface area contributed by atoms with Gasteiger partial charge in [0.15, 0.2) is 0 Å². The van der Waals surface area contributed by atoms with Gasteiger partial charge in [0.1, 0.15) is 0 Å². The molecule has 0 amide bonds. The zero-order chi connectivity index (χ0) is 12.8. The van der Waals surface area contributed by atoms with Gasteiger partial charge in [-0.3, -0.25) is 0 Å². The van der Waals surface area contributed by atoms with Gasteiger partial charge in [0.05, 0.1) is 0 Å². The molecule has 0 radical (unpaired) electrons. The van der Waals surface area contributed by atoms with Crippen LogP contribution in [0.15, 0.2) is 60.7 Å². The van der Waals surface area contributed by atoms with Crippen molar-refractivity contribution in [3.63, 3.8) is 0 Å². The molecular formula is C17H23P. The van der Waals surface area contributed by atoms with Gasteiger partial charge in [0.25, 0.3) is 0 Å². The van der Waals surface area contributed by atoms with Crippen LogP contribution in [-0.4, -0.2) is 12.8 Å². The molecule has 2 rings (SSSR count). The molecule has 0 nitrogen and oxygen atoms in total. The maximum atomic E-state index is 2.51. The molecule has 0 saturated heterocycles. The maximum absolute atomic E-state index is 2.51. The predicted molar refractivity (Wildman–Crippen MR) is 86.2 cm³/mol. The van der Waals surface area contributed by atoms with Crippen molar-refractivity contribution in [1.82, 2.24) is 0 Å². The topological polar surface area (TPSA) is 0 Å². The Balaban J connectivity index is 2.41. The second kappa shape index (κ2) is 6.16. The van der Waals surface area contributed by atoms with E-state index in [-0.39, 0.29) is 0 Å². The Labute approximate surface area is 111 Å². The van der Waals surface area contributed by atoms with Crippen molar-refractivity contribution in [3.8, 4) is 0 Å². The van der Waals surface area contributed by atoms with Gasteiger partial charge in [-0.25, -0.2) is 0 Å². The van der Waals surface area contributed by atoms with Gasteiger partial charge in [0, 0.05) is 0 Å². The molecule has 2 aromatic carbocycles. The van der Waals surface area contributed by atoms with Gasteiger partial charge in [-0.1, -0.05) is 0 Å². The molecule has 0 atom stereocenters. The van der Waals surface area contributed by atoms with E-state index in [0.717, 1.165) is 0 Å². The molecule has 0 heterocycles. The molecule has 0 aliphatic carbocycles. The van der Waals surface area contributed by atoms with Crippen molar-refractivity contribution >= 4 is 17.9 Å². The molecular weight excluding hydrogens is 235 g/mol. The van der Waals surface area contributed by atoms with E-state index in [1.54, 1.807) is 10.6 Å². The van der Waals surface area contributed by atoms with Crippen LogP contribution in [0.5, 0.6) is 0 Å². The number of rotatable bonds is 5. The SMILES string of the molecule is CCCC[PH](C)(c1ccccc1)c1ccccc1. The normalized spacial score (nSPS) is 12.3. The minimum absolute atomic E-state index is 1.28. The third-order valence-electron chi connectivity index (χ3n) is 3.85. The summed E-state index contributed by atoms with van der Waals surface area (Å²) in [7, 11) is -1.52. The van der Waals surface area contributed by atoms with Crippen LogP contribution < -0.4 is 10.6 Å². The van der Waals surface area contributed by atoms with Gasteiger partial charge in [-0.15, -0.1) is 0 Å². The van der Waals surface area contributed by atoms with Crippen LogP contribution in [0, 0.1) is 0 Å². The van der Waals surface area contributed by atoms with E-state index in [0.29, 0.717) is 0 Å². The molecule has 0 aliphatic heterocycles. The van der Waals surface area contributed by atoms with Crippen LogP contribution in [0.3, 0.4) is 0 Å². The molecule has 0 N–H and O–H groups in total. The van der Waals surface area contributed by atoms with Crippen molar-refractivity contribution in [2.24, 2.45) is 0 Å². The average molecular weight is 258 g/mol. The second-order valence-electron chi connectivity index (χ2n) is 5.17. The summed E-state index contributed by atoms with van der Waals surface area (Å²) in [5.74, 6) is 0. The van der Waals surface area contributed by atoms with E-state index >= 15 is 0 Å².